The van der Waals surface area contributed by atoms with Crippen molar-refractivity contribution in [2.75, 3.05) is 11.5 Å². The van der Waals surface area contributed by atoms with Gasteiger partial charge in [-0.25, -0.2) is 4.79 Å². The van der Waals surface area contributed by atoms with Crippen LogP contribution in [0.2, 0.25) is 0 Å². The van der Waals surface area contributed by atoms with Crippen molar-refractivity contribution >= 4 is 27.7 Å². The number of rotatable bonds is 1. The normalized spacial score (nSPS) is 22.1. The van der Waals surface area contributed by atoms with Gasteiger partial charge in [-0.05, 0) is 31.0 Å². The Kier molecular flexibility index (Phi) is 2.21. The molecule has 16 heavy (non-hydrogen) atoms. The minimum Gasteiger partial charge on any atom is -0.449 e. The van der Waals surface area contributed by atoms with E-state index in [2.05, 4.69) is 15.9 Å². The van der Waals surface area contributed by atoms with E-state index in [-0.39, 0.29) is 11.6 Å². The molecule has 1 aromatic carbocycles. The van der Waals surface area contributed by atoms with E-state index >= 15 is 0 Å². The van der Waals surface area contributed by atoms with Crippen LogP contribution in [0.15, 0.2) is 28.7 Å². The average molecular weight is 282 g/mol. The molecule has 0 radical (unpaired) electrons. The second-order valence-corrected chi connectivity index (χ2v) is 5.32. The van der Waals surface area contributed by atoms with Crippen LogP contribution in [0.3, 0.4) is 0 Å². The second-order valence-electron chi connectivity index (χ2n) is 4.40. The Labute approximate surface area is 103 Å². The Bertz CT molecular complexity index is 442. The van der Waals surface area contributed by atoms with Crippen molar-refractivity contribution in [1.29, 1.82) is 0 Å². The zero-order valence-electron chi connectivity index (χ0n) is 8.78. The lowest BCUT2D eigenvalue weighted by Crippen LogP contribution is -2.47. The van der Waals surface area contributed by atoms with Gasteiger partial charge in [-0.15, -0.1) is 0 Å². The highest BCUT2D eigenvalue weighted by Crippen LogP contribution is 2.49. The number of amides is 1. The highest BCUT2D eigenvalue weighted by Gasteiger charge is 2.53. The Morgan fingerprint density at radius 3 is 2.81 bits per heavy atom. The average Bonchev–Trinajstić information content (AvgIpc) is 2.98. The Hall–Kier alpha value is -1.03. The van der Waals surface area contributed by atoms with Gasteiger partial charge < -0.3 is 4.74 Å². The summed E-state index contributed by atoms with van der Waals surface area (Å²) in [5.74, 6) is 0. The van der Waals surface area contributed by atoms with Crippen molar-refractivity contribution in [2.45, 2.75) is 24.8 Å². The number of nitrogens with zero attached hydrogens (tertiary/aromatic N) is 1. The van der Waals surface area contributed by atoms with E-state index in [0.717, 1.165) is 29.4 Å². The lowest BCUT2D eigenvalue weighted by atomic mass is 10.1. The van der Waals surface area contributed by atoms with E-state index in [1.807, 2.05) is 29.2 Å². The molecule has 1 aromatic rings. The number of hydrogen-bond donors (Lipinski definition) is 0. The number of cyclic esters (lactones) is 1. The summed E-state index contributed by atoms with van der Waals surface area (Å²) in [6.45, 7) is 0.559. The number of halogens is 1. The number of hydrogen-bond acceptors (Lipinski definition) is 2. The summed E-state index contributed by atoms with van der Waals surface area (Å²) in [4.78, 5) is 13.7. The maximum absolute atomic E-state index is 11.9. The van der Waals surface area contributed by atoms with Gasteiger partial charge in [0.2, 0.25) is 0 Å². The third kappa shape index (κ3) is 1.52. The summed E-state index contributed by atoms with van der Waals surface area (Å²) in [6, 6.07) is 7.82. The van der Waals surface area contributed by atoms with Gasteiger partial charge in [0, 0.05) is 16.6 Å². The molecule has 3 rings (SSSR count). The molecular weight excluding hydrogens is 270 g/mol. The largest absolute Gasteiger partial charge is 0.449 e. The van der Waals surface area contributed by atoms with Gasteiger partial charge in [0.05, 0.1) is 12.1 Å². The van der Waals surface area contributed by atoms with Crippen molar-refractivity contribution in [2.24, 2.45) is 0 Å². The number of carbonyl (C=O) groups is 1. The summed E-state index contributed by atoms with van der Waals surface area (Å²) in [5, 5.41) is 0. The molecule has 1 heterocycles. The molecule has 4 heteroatoms. The molecule has 0 aromatic heterocycles. The molecule has 3 nitrogen and oxygen atoms in total. The summed E-state index contributed by atoms with van der Waals surface area (Å²) in [7, 11) is 0. The predicted molar refractivity (Wildman–Crippen MR) is 64.6 cm³/mol. The molecule has 1 amide bonds. The van der Waals surface area contributed by atoms with Crippen LogP contribution in [-0.2, 0) is 4.74 Å². The van der Waals surface area contributed by atoms with Crippen molar-refractivity contribution in [3.8, 4) is 0 Å². The van der Waals surface area contributed by atoms with Crippen LogP contribution in [0.25, 0.3) is 0 Å². The van der Waals surface area contributed by atoms with Crippen LogP contribution in [0.1, 0.15) is 19.3 Å². The molecule has 0 bridgehead atoms. The molecule has 0 unspecified atom stereocenters. The van der Waals surface area contributed by atoms with Crippen LogP contribution >= 0.6 is 15.9 Å². The molecule has 2 aliphatic rings. The van der Waals surface area contributed by atoms with Crippen LogP contribution in [0.5, 0.6) is 0 Å². The first kappa shape index (κ1) is 10.1. The van der Waals surface area contributed by atoms with E-state index in [9.17, 15) is 4.79 Å². The third-order valence-electron chi connectivity index (χ3n) is 3.34. The van der Waals surface area contributed by atoms with Crippen molar-refractivity contribution < 1.29 is 9.53 Å². The first-order chi connectivity index (χ1) is 7.71. The van der Waals surface area contributed by atoms with Crippen LogP contribution in [0.4, 0.5) is 10.5 Å². The van der Waals surface area contributed by atoms with Gasteiger partial charge in [-0.1, -0.05) is 22.0 Å². The smallest absolute Gasteiger partial charge is 0.414 e. The fourth-order valence-corrected chi connectivity index (χ4v) is 2.70. The van der Waals surface area contributed by atoms with Gasteiger partial charge in [-0.2, -0.15) is 0 Å². The van der Waals surface area contributed by atoms with Crippen molar-refractivity contribution in [3.05, 3.63) is 28.7 Å². The first-order valence-electron chi connectivity index (χ1n) is 5.44. The first-order valence-corrected chi connectivity index (χ1v) is 6.23. The summed E-state index contributed by atoms with van der Waals surface area (Å²) < 4.78 is 6.12. The summed E-state index contributed by atoms with van der Waals surface area (Å²) in [6.07, 6.45) is 2.93. The van der Waals surface area contributed by atoms with Crippen LogP contribution in [-0.4, -0.2) is 18.2 Å². The van der Waals surface area contributed by atoms with E-state index in [1.165, 1.54) is 0 Å². The number of anilines is 1. The number of benzene rings is 1. The molecule has 2 fully saturated rings. The fraction of sp³-hybridized carbons (Fsp3) is 0.417. The lowest BCUT2D eigenvalue weighted by Gasteiger charge is -2.35. The van der Waals surface area contributed by atoms with E-state index in [4.69, 9.17) is 4.74 Å². The quantitative estimate of drug-likeness (QED) is 0.790. The van der Waals surface area contributed by atoms with E-state index in [1.54, 1.807) is 0 Å². The molecule has 0 N–H and O–H groups in total. The number of ether oxygens (including phenoxy) is 1. The van der Waals surface area contributed by atoms with Gasteiger partial charge in [0.25, 0.3) is 0 Å². The minimum atomic E-state index is -0.207. The van der Waals surface area contributed by atoms with Crippen molar-refractivity contribution in [3.63, 3.8) is 0 Å². The highest BCUT2D eigenvalue weighted by molar-refractivity contribution is 9.10. The van der Waals surface area contributed by atoms with Gasteiger partial charge in [0.15, 0.2) is 0 Å². The Morgan fingerprint density at radius 1 is 1.31 bits per heavy atom. The maximum atomic E-state index is 11.9. The highest BCUT2D eigenvalue weighted by atomic mass is 79.9. The molecule has 1 spiro atoms. The minimum absolute atomic E-state index is 0.0517. The molecule has 1 aliphatic heterocycles. The number of carbonyl (C=O) groups excluding carboxylic acids is 1. The van der Waals surface area contributed by atoms with Gasteiger partial charge in [-0.3, -0.25) is 4.90 Å². The molecular formula is C12H12BrNO2. The fourth-order valence-electron chi connectivity index (χ4n) is 2.31. The predicted octanol–water partition coefficient (Wildman–Crippen LogP) is 3.33. The standard InChI is InChI=1S/C12H12BrNO2/c13-9-2-1-3-10(8-9)14-11(15)16-7-6-12(14)4-5-12/h1-3,8H,4-7H2. The molecule has 84 valence electrons. The van der Waals surface area contributed by atoms with E-state index in [0.29, 0.717) is 6.61 Å². The zero-order chi connectivity index (χ0) is 11.2. The monoisotopic (exact) mass is 281 g/mol. The lowest BCUT2D eigenvalue weighted by molar-refractivity contribution is 0.126. The van der Waals surface area contributed by atoms with Crippen LogP contribution < -0.4 is 4.90 Å². The SMILES string of the molecule is O=C1OCCC2(CC2)N1c1cccc(Br)c1. The van der Waals surface area contributed by atoms with Gasteiger partial charge >= 0.3 is 6.09 Å². The maximum Gasteiger partial charge on any atom is 0.414 e. The molecule has 1 aliphatic carbocycles. The third-order valence-corrected chi connectivity index (χ3v) is 3.84. The van der Waals surface area contributed by atoms with Crippen molar-refractivity contribution in [1.82, 2.24) is 0 Å². The van der Waals surface area contributed by atoms with Crippen LogP contribution in [0, 0.1) is 0 Å². The summed E-state index contributed by atoms with van der Waals surface area (Å²) >= 11 is 3.43. The van der Waals surface area contributed by atoms with Gasteiger partial charge in [0.1, 0.15) is 0 Å². The molecule has 1 saturated heterocycles. The topological polar surface area (TPSA) is 29.5 Å². The molecule has 0 atom stereocenters. The van der Waals surface area contributed by atoms with E-state index < -0.39 is 0 Å². The molecule has 1 saturated carbocycles. The Morgan fingerprint density at radius 2 is 2.12 bits per heavy atom. The zero-order valence-corrected chi connectivity index (χ0v) is 10.4. The second kappa shape index (κ2) is 3.48. The summed E-state index contributed by atoms with van der Waals surface area (Å²) in [5.41, 5.74) is 0.979. The Balaban J connectivity index is 2.00.